The van der Waals surface area contributed by atoms with Crippen LogP contribution in [0.25, 0.3) is 6.08 Å². The lowest BCUT2D eigenvalue weighted by Crippen LogP contribution is -2.53. The number of nitrogens with zero attached hydrogens (tertiary/aromatic N) is 1. The molecule has 0 radical (unpaired) electrons. The number of ether oxygens (including phenoxy) is 1. The molecule has 0 atom stereocenters. The number of amides is 3. The summed E-state index contributed by atoms with van der Waals surface area (Å²) in [6.07, 6.45) is 2.96. The Morgan fingerprint density at radius 1 is 1.16 bits per heavy atom. The van der Waals surface area contributed by atoms with E-state index in [-0.39, 0.29) is 23.8 Å². The van der Waals surface area contributed by atoms with E-state index in [4.69, 9.17) is 17.0 Å². The number of hydrogen-bond donors (Lipinski definition) is 2. The van der Waals surface area contributed by atoms with E-state index in [1.807, 2.05) is 0 Å². The highest BCUT2D eigenvalue weighted by molar-refractivity contribution is 7.80. The molecule has 31 heavy (non-hydrogen) atoms. The molecular formula is C22H18FN3O4S. The summed E-state index contributed by atoms with van der Waals surface area (Å²) in [7, 11) is 0. The molecule has 0 unspecified atom stereocenters. The smallest absolute Gasteiger partial charge is 0.265 e. The number of anilines is 1. The van der Waals surface area contributed by atoms with Crippen LogP contribution in [0.3, 0.4) is 0 Å². The molecule has 0 aliphatic carbocycles. The maximum absolute atomic E-state index is 12.9. The third-order valence-electron chi connectivity index (χ3n) is 4.19. The lowest BCUT2D eigenvalue weighted by Gasteiger charge is -2.27. The zero-order chi connectivity index (χ0) is 22.4. The monoisotopic (exact) mass is 439 g/mol. The highest BCUT2D eigenvalue weighted by Gasteiger charge is 2.32. The standard InChI is InChI=1S/C22H18FN3O4S/c1-2-11-26-21(29)18(20(28)25-22(26)31)12-14-3-9-17(10-4-14)30-13-19(27)24-16-7-5-15(23)6-8-16/h2-10,12H,1,11,13H2,(H,24,27)(H,25,28,31)/b18-12-. The lowest BCUT2D eigenvalue weighted by molar-refractivity contribution is -0.128. The highest BCUT2D eigenvalue weighted by atomic mass is 32.1. The van der Waals surface area contributed by atoms with Gasteiger partial charge in [-0.05, 0) is 60.3 Å². The summed E-state index contributed by atoms with van der Waals surface area (Å²) in [5.41, 5.74) is 0.994. The number of nitrogens with one attached hydrogen (secondary N) is 2. The maximum Gasteiger partial charge on any atom is 0.265 e. The predicted molar refractivity (Wildman–Crippen MR) is 118 cm³/mol. The minimum atomic E-state index is -0.576. The van der Waals surface area contributed by atoms with Crippen molar-refractivity contribution in [2.75, 3.05) is 18.5 Å². The molecule has 9 heteroatoms. The number of thiocarbonyl (C=S) groups is 1. The molecule has 0 saturated carbocycles. The van der Waals surface area contributed by atoms with Gasteiger partial charge in [-0.25, -0.2) is 4.39 Å². The number of carbonyl (C=O) groups is 3. The van der Waals surface area contributed by atoms with Gasteiger partial charge in [0, 0.05) is 12.2 Å². The summed E-state index contributed by atoms with van der Waals surface area (Å²) in [5.74, 6) is -1.46. The number of hydrogen-bond acceptors (Lipinski definition) is 5. The van der Waals surface area contributed by atoms with E-state index >= 15 is 0 Å². The molecule has 0 bridgehead atoms. The fraction of sp³-hybridized carbons (Fsp3) is 0.0909. The van der Waals surface area contributed by atoms with Gasteiger partial charge in [0.25, 0.3) is 17.7 Å². The van der Waals surface area contributed by atoms with Crippen LogP contribution in [0.2, 0.25) is 0 Å². The molecule has 0 aromatic heterocycles. The van der Waals surface area contributed by atoms with Gasteiger partial charge in [-0.3, -0.25) is 24.6 Å². The van der Waals surface area contributed by atoms with Crippen molar-refractivity contribution in [3.05, 3.63) is 78.1 Å². The normalized spacial score (nSPS) is 14.9. The van der Waals surface area contributed by atoms with Crippen LogP contribution in [0.5, 0.6) is 5.75 Å². The fourth-order valence-corrected chi connectivity index (χ4v) is 2.95. The number of carbonyl (C=O) groups excluding carboxylic acids is 3. The Morgan fingerprint density at radius 2 is 1.84 bits per heavy atom. The summed E-state index contributed by atoms with van der Waals surface area (Å²) in [4.78, 5) is 37.9. The Hall–Kier alpha value is -3.85. The highest BCUT2D eigenvalue weighted by Crippen LogP contribution is 2.18. The number of halogens is 1. The first-order chi connectivity index (χ1) is 14.9. The van der Waals surface area contributed by atoms with Crippen molar-refractivity contribution in [1.82, 2.24) is 10.2 Å². The molecule has 2 N–H and O–H groups in total. The molecule has 158 valence electrons. The molecule has 1 heterocycles. The Kier molecular flexibility index (Phi) is 6.88. The average molecular weight is 439 g/mol. The fourth-order valence-electron chi connectivity index (χ4n) is 2.70. The van der Waals surface area contributed by atoms with Crippen molar-refractivity contribution in [2.24, 2.45) is 0 Å². The van der Waals surface area contributed by atoms with Crippen LogP contribution in [-0.4, -0.2) is 40.9 Å². The maximum atomic E-state index is 12.9. The second-order valence-corrected chi connectivity index (χ2v) is 6.82. The molecule has 2 aromatic rings. The van der Waals surface area contributed by atoms with Crippen LogP contribution in [0.1, 0.15) is 5.56 Å². The van der Waals surface area contributed by atoms with Crippen molar-refractivity contribution >= 4 is 46.8 Å². The minimum absolute atomic E-state index is 0.0368. The van der Waals surface area contributed by atoms with Crippen LogP contribution in [-0.2, 0) is 14.4 Å². The van der Waals surface area contributed by atoms with Crippen LogP contribution in [0.15, 0.2) is 66.8 Å². The average Bonchev–Trinajstić information content (AvgIpc) is 2.75. The molecule has 1 aliphatic rings. The third-order valence-corrected chi connectivity index (χ3v) is 4.51. The Balaban J connectivity index is 1.61. The summed E-state index contributed by atoms with van der Waals surface area (Å²) >= 11 is 5.01. The minimum Gasteiger partial charge on any atom is -0.484 e. The quantitative estimate of drug-likeness (QED) is 0.300. The Morgan fingerprint density at radius 3 is 2.48 bits per heavy atom. The van der Waals surface area contributed by atoms with Gasteiger partial charge < -0.3 is 10.1 Å². The van der Waals surface area contributed by atoms with E-state index in [0.717, 1.165) is 0 Å². The van der Waals surface area contributed by atoms with Crippen LogP contribution >= 0.6 is 12.2 Å². The summed E-state index contributed by atoms with van der Waals surface area (Å²) in [6, 6.07) is 11.9. The molecule has 1 saturated heterocycles. The van der Waals surface area contributed by atoms with E-state index in [9.17, 15) is 18.8 Å². The number of benzene rings is 2. The van der Waals surface area contributed by atoms with Crippen molar-refractivity contribution in [3.63, 3.8) is 0 Å². The van der Waals surface area contributed by atoms with E-state index < -0.39 is 23.5 Å². The molecule has 7 nitrogen and oxygen atoms in total. The van der Waals surface area contributed by atoms with Gasteiger partial charge >= 0.3 is 0 Å². The van der Waals surface area contributed by atoms with E-state index in [1.54, 1.807) is 24.3 Å². The first-order valence-corrected chi connectivity index (χ1v) is 9.56. The number of rotatable bonds is 7. The molecule has 3 rings (SSSR count). The SMILES string of the molecule is C=CCN1C(=O)/C(=C\c2ccc(OCC(=O)Nc3ccc(F)cc3)cc2)C(=O)NC1=S. The molecule has 2 aromatic carbocycles. The van der Waals surface area contributed by atoms with Crippen molar-refractivity contribution in [3.8, 4) is 5.75 Å². The van der Waals surface area contributed by atoms with Gasteiger partial charge in [-0.2, -0.15) is 0 Å². The summed E-state index contributed by atoms with van der Waals surface area (Å²) < 4.78 is 18.3. The van der Waals surface area contributed by atoms with Gasteiger partial charge in [0.2, 0.25) is 0 Å². The van der Waals surface area contributed by atoms with E-state index in [2.05, 4.69) is 17.2 Å². The molecule has 1 aliphatic heterocycles. The lowest BCUT2D eigenvalue weighted by atomic mass is 10.1. The largest absolute Gasteiger partial charge is 0.484 e. The van der Waals surface area contributed by atoms with Gasteiger partial charge in [0.05, 0.1) is 0 Å². The predicted octanol–water partition coefficient (Wildman–Crippen LogP) is 2.66. The Labute approximate surface area is 183 Å². The van der Waals surface area contributed by atoms with Crippen molar-refractivity contribution in [2.45, 2.75) is 0 Å². The Bertz CT molecular complexity index is 1070. The van der Waals surface area contributed by atoms with Gasteiger partial charge in [-0.15, -0.1) is 6.58 Å². The second kappa shape index (κ2) is 9.77. The zero-order valence-electron chi connectivity index (χ0n) is 16.3. The summed E-state index contributed by atoms with van der Waals surface area (Å²) in [6.45, 7) is 3.51. The first kappa shape index (κ1) is 21.8. The van der Waals surface area contributed by atoms with Gasteiger partial charge in [0.1, 0.15) is 17.1 Å². The van der Waals surface area contributed by atoms with Crippen molar-refractivity contribution < 1.29 is 23.5 Å². The van der Waals surface area contributed by atoms with E-state index in [0.29, 0.717) is 17.0 Å². The first-order valence-electron chi connectivity index (χ1n) is 9.15. The van der Waals surface area contributed by atoms with Crippen LogP contribution in [0, 0.1) is 5.82 Å². The molecule has 3 amide bonds. The molecule has 1 fully saturated rings. The topological polar surface area (TPSA) is 87.7 Å². The van der Waals surface area contributed by atoms with Gasteiger partial charge in [0.15, 0.2) is 11.7 Å². The van der Waals surface area contributed by atoms with Crippen molar-refractivity contribution in [1.29, 1.82) is 0 Å². The second-order valence-electron chi connectivity index (χ2n) is 6.43. The van der Waals surface area contributed by atoms with Gasteiger partial charge in [-0.1, -0.05) is 18.2 Å². The summed E-state index contributed by atoms with van der Waals surface area (Å²) in [5, 5.41) is 5.10. The zero-order valence-corrected chi connectivity index (χ0v) is 17.1. The molecular weight excluding hydrogens is 421 g/mol. The van der Waals surface area contributed by atoms with E-state index in [1.165, 1.54) is 41.3 Å². The molecule has 0 spiro atoms. The van der Waals surface area contributed by atoms with Crippen LogP contribution in [0.4, 0.5) is 10.1 Å². The van der Waals surface area contributed by atoms with Crippen LogP contribution < -0.4 is 15.4 Å². The third kappa shape index (κ3) is 5.61.